The molecule has 6 heteroatoms. The molecule has 20 heavy (non-hydrogen) atoms. The molecule has 1 aliphatic carbocycles. The summed E-state index contributed by atoms with van der Waals surface area (Å²) in [6, 6.07) is -0.336. The van der Waals surface area contributed by atoms with Crippen molar-refractivity contribution in [2.24, 2.45) is 17.8 Å². The third kappa shape index (κ3) is 1.64. The number of β-lactam (4-membered cyclic amide) rings is 1. The maximum Gasteiger partial charge on any atom is 0.352 e. The van der Waals surface area contributed by atoms with E-state index < -0.39 is 24.1 Å². The van der Waals surface area contributed by atoms with Gasteiger partial charge in [-0.15, -0.1) is 0 Å². The van der Waals surface area contributed by atoms with E-state index in [9.17, 15) is 24.9 Å². The number of fused-ring (bicyclic) bond motifs is 1. The van der Waals surface area contributed by atoms with Gasteiger partial charge in [-0.1, -0.05) is 6.92 Å². The molecule has 0 bridgehead atoms. The summed E-state index contributed by atoms with van der Waals surface area (Å²) < 4.78 is 0. The molecule has 2 heterocycles. The second-order valence-corrected chi connectivity index (χ2v) is 6.15. The van der Waals surface area contributed by atoms with Gasteiger partial charge in [-0.2, -0.15) is 0 Å². The van der Waals surface area contributed by atoms with Gasteiger partial charge in [-0.3, -0.25) is 4.79 Å². The summed E-state index contributed by atoms with van der Waals surface area (Å²) >= 11 is 0. The van der Waals surface area contributed by atoms with E-state index in [2.05, 4.69) is 0 Å². The van der Waals surface area contributed by atoms with Crippen LogP contribution in [-0.2, 0) is 9.59 Å². The second kappa shape index (κ2) is 4.30. The average Bonchev–Trinajstić information content (AvgIpc) is 3.14. The maximum absolute atomic E-state index is 12.1. The topological polar surface area (TPSA) is 98.1 Å². The van der Waals surface area contributed by atoms with Gasteiger partial charge in [0.05, 0.1) is 24.2 Å². The Bertz CT molecular complexity index is 508. The number of aliphatic hydroxyl groups excluding tert-OH is 2. The molecule has 110 valence electrons. The number of carbonyl (C=O) groups excluding carboxylic acids is 1. The Morgan fingerprint density at radius 3 is 2.40 bits per heavy atom. The SMILES string of the molecule is C[C@H]1C([C@H](O)C2CC2)=C(C(=O)O)N2C(=O)[C@H]([C@@H](C)O)C12. The Balaban J connectivity index is 1.99. The molecule has 1 saturated heterocycles. The molecule has 6 nitrogen and oxygen atoms in total. The first-order valence-electron chi connectivity index (χ1n) is 7.02. The molecular weight excluding hydrogens is 262 g/mol. The van der Waals surface area contributed by atoms with Crippen LogP contribution < -0.4 is 0 Å². The molecule has 1 amide bonds. The third-order valence-electron chi connectivity index (χ3n) is 4.82. The van der Waals surface area contributed by atoms with Crippen molar-refractivity contribution in [1.82, 2.24) is 4.90 Å². The second-order valence-electron chi connectivity index (χ2n) is 6.15. The van der Waals surface area contributed by atoms with E-state index in [-0.39, 0.29) is 29.5 Å². The van der Waals surface area contributed by atoms with Gasteiger partial charge in [-0.25, -0.2) is 4.79 Å². The minimum absolute atomic E-state index is 0.0659. The first kappa shape index (κ1) is 13.6. The summed E-state index contributed by atoms with van der Waals surface area (Å²) in [4.78, 5) is 24.8. The van der Waals surface area contributed by atoms with E-state index in [1.807, 2.05) is 6.92 Å². The van der Waals surface area contributed by atoms with Crippen molar-refractivity contribution >= 4 is 11.9 Å². The van der Waals surface area contributed by atoms with E-state index in [0.717, 1.165) is 12.8 Å². The minimum atomic E-state index is -1.17. The monoisotopic (exact) mass is 281 g/mol. The van der Waals surface area contributed by atoms with Gasteiger partial charge < -0.3 is 20.2 Å². The molecule has 5 atom stereocenters. The molecule has 0 aromatic rings. The Morgan fingerprint density at radius 1 is 1.35 bits per heavy atom. The highest BCUT2D eigenvalue weighted by atomic mass is 16.4. The Morgan fingerprint density at radius 2 is 1.95 bits per heavy atom. The van der Waals surface area contributed by atoms with Gasteiger partial charge in [0.15, 0.2) is 0 Å². The molecule has 3 aliphatic rings. The number of carboxylic acids is 1. The summed E-state index contributed by atoms with van der Waals surface area (Å²) in [5.41, 5.74) is 0.394. The smallest absolute Gasteiger partial charge is 0.352 e. The summed E-state index contributed by atoms with van der Waals surface area (Å²) in [5.74, 6) is -2.21. The van der Waals surface area contributed by atoms with Gasteiger partial charge in [0.1, 0.15) is 5.70 Å². The summed E-state index contributed by atoms with van der Waals surface area (Å²) in [6.45, 7) is 3.37. The van der Waals surface area contributed by atoms with Crippen molar-refractivity contribution in [3.8, 4) is 0 Å². The first-order valence-corrected chi connectivity index (χ1v) is 7.02. The van der Waals surface area contributed by atoms with Gasteiger partial charge in [0.2, 0.25) is 5.91 Å². The normalized spacial score (nSPS) is 35.7. The van der Waals surface area contributed by atoms with Crippen molar-refractivity contribution in [3.63, 3.8) is 0 Å². The number of carboxylic acid groups (broad SMARTS) is 1. The number of amides is 1. The summed E-state index contributed by atoms with van der Waals surface area (Å²) in [6.07, 6.45) is 0.189. The molecule has 2 fully saturated rings. The largest absolute Gasteiger partial charge is 0.477 e. The zero-order valence-electron chi connectivity index (χ0n) is 11.5. The van der Waals surface area contributed by atoms with Gasteiger partial charge >= 0.3 is 5.97 Å². The Labute approximate surface area is 116 Å². The predicted octanol–water partition coefficient (Wildman–Crippen LogP) is -0.0465. The van der Waals surface area contributed by atoms with Crippen molar-refractivity contribution in [1.29, 1.82) is 0 Å². The van der Waals surface area contributed by atoms with Crippen molar-refractivity contribution in [3.05, 3.63) is 11.3 Å². The molecule has 0 aromatic carbocycles. The number of rotatable bonds is 4. The molecular formula is C14H19NO5. The molecule has 0 radical (unpaired) electrons. The Kier molecular flexibility index (Phi) is 2.92. The molecule has 3 N–H and O–H groups in total. The van der Waals surface area contributed by atoms with Gasteiger partial charge in [0.25, 0.3) is 0 Å². The lowest BCUT2D eigenvalue weighted by molar-refractivity contribution is -0.163. The minimum Gasteiger partial charge on any atom is -0.477 e. The molecule has 1 unspecified atom stereocenters. The third-order valence-corrected chi connectivity index (χ3v) is 4.82. The maximum atomic E-state index is 12.1. The quantitative estimate of drug-likeness (QED) is 0.628. The summed E-state index contributed by atoms with van der Waals surface area (Å²) in [7, 11) is 0. The van der Waals surface area contributed by atoms with Crippen LogP contribution in [0.25, 0.3) is 0 Å². The van der Waals surface area contributed by atoms with E-state index in [0.29, 0.717) is 5.57 Å². The number of aliphatic hydroxyl groups is 2. The van der Waals surface area contributed by atoms with Crippen LogP contribution in [0.3, 0.4) is 0 Å². The first-order chi connectivity index (χ1) is 9.36. The van der Waals surface area contributed by atoms with Gasteiger partial charge in [0, 0.05) is 5.92 Å². The number of hydrogen-bond acceptors (Lipinski definition) is 4. The fraction of sp³-hybridized carbons (Fsp3) is 0.714. The number of nitrogens with zero attached hydrogens (tertiary/aromatic N) is 1. The lowest BCUT2D eigenvalue weighted by Crippen LogP contribution is -2.63. The van der Waals surface area contributed by atoms with Crippen LogP contribution in [0, 0.1) is 17.8 Å². The summed E-state index contributed by atoms with van der Waals surface area (Å²) in [5, 5.41) is 29.4. The van der Waals surface area contributed by atoms with Crippen LogP contribution in [-0.4, -0.2) is 50.3 Å². The van der Waals surface area contributed by atoms with Crippen LogP contribution >= 0.6 is 0 Å². The number of hydrogen-bond donors (Lipinski definition) is 3. The average molecular weight is 281 g/mol. The van der Waals surface area contributed by atoms with E-state index in [1.165, 1.54) is 4.90 Å². The number of aliphatic carboxylic acids is 1. The lowest BCUT2D eigenvalue weighted by Gasteiger charge is -2.46. The predicted molar refractivity (Wildman–Crippen MR) is 68.4 cm³/mol. The fourth-order valence-electron chi connectivity index (χ4n) is 3.66. The Hall–Kier alpha value is -1.40. The van der Waals surface area contributed by atoms with Crippen molar-refractivity contribution in [2.45, 2.75) is 44.9 Å². The highest BCUT2D eigenvalue weighted by Crippen LogP contribution is 2.50. The molecule has 2 aliphatic heterocycles. The van der Waals surface area contributed by atoms with E-state index in [1.54, 1.807) is 6.92 Å². The van der Waals surface area contributed by atoms with Crippen LogP contribution in [0.2, 0.25) is 0 Å². The van der Waals surface area contributed by atoms with E-state index in [4.69, 9.17) is 0 Å². The van der Waals surface area contributed by atoms with Gasteiger partial charge in [-0.05, 0) is 31.3 Å². The molecule has 1 saturated carbocycles. The zero-order valence-corrected chi connectivity index (χ0v) is 11.5. The van der Waals surface area contributed by atoms with Crippen molar-refractivity contribution in [2.75, 3.05) is 0 Å². The standard InChI is InChI=1S/C14H19NO5/c1-5-8(12(17)7-3-4-7)11(14(19)20)15-10(5)9(6(2)16)13(15)18/h5-7,9-10,12,16-17H,3-4H2,1-2H3,(H,19,20)/t5-,6+,9+,10?,12+/m0/s1. The van der Waals surface area contributed by atoms with Crippen LogP contribution in [0.4, 0.5) is 0 Å². The van der Waals surface area contributed by atoms with Crippen LogP contribution in [0.5, 0.6) is 0 Å². The van der Waals surface area contributed by atoms with Crippen LogP contribution in [0.1, 0.15) is 26.7 Å². The van der Waals surface area contributed by atoms with Crippen LogP contribution in [0.15, 0.2) is 11.3 Å². The molecule has 0 spiro atoms. The van der Waals surface area contributed by atoms with Crippen molar-refractivity contribution < 1.29 is 24.9 Å². The fourth-order valence-corrected chi connectivity index (χ4v) is 3.66. The lowest BCUT2D eigenvalue weighted by atomic mass is 9.77. The number of carbonyl (C=O) groups is 2. The highest BCUT2D eigenvalue weighted by molar-refractivity contribution is 6.00. The van der Waals surface area contributed by atoms with E-state index >= 15 is 0 Å². The molecule has 0 aromatic heterocycles. The highest BCUT2D eigenvalue weighted by Gasteiger charge is 2.61. The molecule has 3 rings (SSSR count). The zero-order chi connectivity index (χ0) is 14.8.